The van der Waals surface area contributed by atoms with Gasteiger partial charge in [0.25, 0.3) is 0 Å². The van der Waals surface area contributed by atoms with E-state index in [9.17, 15) is 31.6 Å². The number of pyridine rings is 2. The fourth-order valence-corrected chi connectivity index (χ4v) is 5.11. The molecule has 0 radical (unpaired) electrons. The second-order valence-corrected chi connectivity index (χ2v) is 10.4. The largest absolute Gasteiger partial charge is 0.413 e. The van der Waals surface area contributed by atoms with Crippen LogP contribution < -0.4 is 21.6 Å². The number of aromatic nitrogens is 2. The molecule has 4 aromatic rings. The molecule has 3 heterocycles. The lowest BCUT2D eigenvalue weighted by Crippen LogP contribution is -2.52. The molecule has 0 unspecified atom stereocenters. The molecular weight excluding hydrogens is 598 g/mol. The molecule has 8 nitrogen and oxygen atoms in total. The Labute approximate surface area is 244 Å². The fourth-order valence-electron chi connectivity index (χ4n) is 4.84. The van der Waals surface area contributed by atoms with Gasteiger partial charge in [0, 0.05) is 29.5 Å². The summed E-state index contributed by atoms with van der Waals surface area (Å²) in [6.45, 7) is 0. The summed E-state index contributed by atoms with van der Waals surface area (Å²) in [6, 6.07) is 10.5. The van der Waals surface area contributed by atoms with Crippen LogP contribution in [0.25, 0.3) is 10.9 Å². The molecule has 4 N–H and O–H groups in total. The van der Waals surface area contributed by atoms with Gasteiger partial charge in [-0.25, -0.2) is 13.8 Å². The van der Waals surface area contributed by atoms with E-state index in [1.54, 1.807) is 6.07 Å². The lowest BCUT2D eigenvalue weighted by molar-refractivity contribution is -0.195. The van der Waals surface area contributed by atoms with Crippen LogP contribution >= 0.6 is 11.6 Å². The number of nitrogens with zero attached hydrogens (tertiary/aromatic N) is 4. The normalized spacial score (nSPS) is 16.3. The minimum Gasteiger partial charge on any atom is -0.373 e. The Morgan fingerprint density at radius 3 is 2.42 bits per heavy atom. The van der Waals surface area contributed by atoms with Crippen molar-refractivity contribution in [3.8, 4) is 6.07 Å². The number of halogens is 7. The Morgan fingerprint density at radius 2 is 1.77 bits per heavy atom. The molecular formula is C28H19ClF6N8. The van der Waals surface area contributed by atoms with Gasteiger partial charge >= 0.3 is 6.18 Å². The number of nitriles is 1. The van der Waals surface area contributed by atoms with Crippen molar-refractivity contribution in [1.29, 1.82) is 5.26 Å². The van der Waals surface area contributed by atoms with Crippen LogP contribution in [0.3, 0.4) is 0 Å². The summed E-state index contributed by atoms with van der Waals surface area (Å²) in [5.74, 6) is -3.00. The maximum absolute atomic E-state index is 13.9. The van der Waals surface area contributed by atoms with Gasteiger partial charge in [-0.15, -0.1) is 5.53 Å². The number of nitrogens with one attached hydrogen (secondary N) is 4. The van der Waals surface area contributed by atoms with Crippen molar-refractivity contribution in [2.45, 2.75) is 30.6 Å². The first-order valence-corrected chi connectivity index (χ1v) is 13.1. The Balaban J connectivity index is 1.41. The molecule has 43 heavy (non-hydrogen) atoms. The van der Waals surface area contributed by atoms with Gasteiger partial charge in [0.05, 0.1) is 45.4 Å². The zero-order valence-corrected chi connectivity index (χ0v) is 22.5. The van der Waals surface area contributed by atoms with E-state index in [1.807, 2.05) is 6.07 Å². The minimum atomic E-state index is -4.48. The zero-order chi connectivity index (χ0) is 30.5. The molecule has 15 heteroatoms. The van der Waals surface area contributed by atoms with Gasteiger partial charge in [-0.2, -0.15) is 22.8 Å². The van der Waals surface area contributed by atoms with Crippen molar-refractivity contribution in [3.63, 3.8) is 0 Å². The quantitative estimate of drug-likeness (QED) is 0.134. The van der Waals surface area contributed by atoms with Gasteiger partial charge in [0.2, 0.25) is 5.95 Å². The van der Waals surface area contributed by atoms with Crippen LogP contribution in [0.5, 0.6) is 0 Å². The highest BCUT2D eigenvalue weighted by Crippen LogP contribution is 2.53. The van der Waals surface area contributed by atoms with Crippen LogP contribution in [0, 0.1) is 28.9 Å². The van der Waals surface area contributed by atoms with Gasteiger partial charge in [-0.3, -0.25) is 9.99 Å². The highest BCUT2D eigenvalue weighted by molar-refractivity contribution is 6.36. The summed E-state index contributed by atoms with van der Waals surface area (Å²) in [6.07, 6.45) is -1.02. The standard InChI is InChI=1S/C28H19ClF6N8/c29-20-8-17(7-19-23(15(10-36)11-37-25(19)20)40-18-9-21(31)26(32)38-12-18)39-24(14-1-3-16(30)4-2-14)22-13-43(42-41-22)27(5-6-27)28(33,34)35/h1-4,7-9,11-13,24,39,41-42H,5-6H2,(H,37,40)/t24-/m0/s1. The van der Waals surface area contributed by atoms with Crippen molar-refractivity contribution in [2.24, 2.45) is 0 Å². The van der Waals surface area contributed by atoms with Crippen molar-refractivity contribution >= 4 is 39.6 Å². The van der Waals surface area contributed by atoms with Gasteiger partial charge in [-0.05, 0) is 42.7 Å². The summed E-state index contributed by atoms with van der Waals surface area (Å²) >= 11 is 6.57. The molecule has 220 valence electrons. The van der Waals surface area contributed by atoms with Crippen LogP contribution in [0.15, 0.2) is 66.8 Å². The number of alkyl halides is 3. The van der Waals surface area contributed by atoms with E-state index in [0.29, 0.717) is 22.3 Å². The van der Waals surface area contributed by atoms with Gasteiger partial charge in [0.1, 0.15) is 11.9 Å². The predicted octanol–water partition coefficient (Wildman–Crippen LogP) is 6.73. The van der Waals surface area contributed by atoms with Crippen LogP contribution in [0.1, 0.15) is 30.0 Å². The van der Waals surface area contributed by atoms with Gasteiger partial charge in [0.15, 0.2) is 11.4 Å². The smallest absolute Gasteiger partial charge is 0.373 e. The van der Waals surface area contributed by atoms with Crippen molar-refractivity contribution in [2.75, 3.05) is 10.6 Å². The molecule has 1 aliphatic carbocycles. The van der Waals surface area contributed by atoms with E-state index < -0.39 is 35.3 Å². The van der Waals surface area contributed by atoms with Crippen LogP contribution in [0.4, 0.5) is 43.4 Å². The number of hydrogen-bond acceptors (Lipinski definition) is 8. The molecule has 6 rings (SSSR count). The molecule has 0 saturated heterocycles. The van der Waals surface area contributed by atoms with Crippen LogP contribution in [-0.2, 0) is 0 Å². The minimum absolute atomic E-state index is 0.0479. The number of benzene rings is 2. The van der Waals surface area contributed by atoms with E-state index >= 15 is 0 Å². The molecule has 2 aromatic carbocycles. The Hall–Kier alpha value is -4.74. The lowest BCUT2D eigenvalue weighted by atomic mass is 10.0. The molecule has 1 saturated carbocycles. The highest BCUT2D eigenvalue weighted by atomic mass is 35.5. The Morgan fingerprint density at radius 1 is 1.02 bits per heavy atom. The first-order chi connectivity index (χ1) is 20.5. The van der Waals surface area contributed by atoms with E-state index in [2.05, 4.69) is 31.6 Å². The third kappa shape index (κ3) is 5.21. The van der Waals surface area contributed by atoms with Gasteiger partial charge in [-0.1, -0.05) is 23.7 Å². The number of hydrazine groups is 2. The first-order valence-electron chi connectivity index (χ1n) is 12.7. The summed E-state index contributed by atoms with van der Waals surface area (Å²) in [5.41, 5.74) is 5.04. The topological polar surface area (TPSA) is 101 Å². The summed E-state index contributed by atoms with van der Waals surface area (Å²) in [7, 11) is 0. The van der Waals surface area contributed by atoms with Gasteiger partial charge < -0.3 is 16.1 Å². The maximum Gasteiger partial charge on any atom is 0.413 e. The summed E-state index contributed by atoms with van der Waals surface area (Å²) < 4.78 is 82.4. The maximum atomic E-state index is 13.9. The van der Waals surface area contributed by atoms with E-state index in [0.717, 1.165) is 17.3 Å². The second-order valence-electron chi connectivity index (χ2n) is 9.98. The lowest BCUT2D eigenvalue weighted by Gasteiger charge is -2.28. The number of rotatable bonds is 7. The molecule has 0 spiro atoms. The van der Waals surface area contributed by atoms with E-state index in [-0.39, 0.29) is 40.3 Å². The Bertz CT molecular complexity index is 1800. The SMILES string of the molecule is N#Cc1cnc2c(Cl)cc(N[C@H](C3=CN(C4(C(F)(F)F)CC4)NN3)c3ccc(F)cc3)cc2c1Nc1cnc(F)c(F)c1. The van der Waals surface area contributed by atoms with Crippen molar-refractivity contribution in [1.82, 2.24) is 25.9 Å². The monoisotopic (exact) mass is 616 g/mol. The zero-order valence-electron chi connectivity index (χ0n) is 21.7. The first kappa shape index (κ1) is 28.4. The third-order valence-corrected chi connectivity index (χ3v) is 7.53. The molecule has 1 fully saturated rings. The molecule has 1 atom stereocenters. The highest BCUT2D eigenvalue weighted by Gasteiger charge is 2.67. The number of fused-ring (bicyclic) bond motifs is 1. The molecule has 0 amide bonds. The fraction of sp³-hybridized carbons (Fsp3) is 0.179. The summed E-state index contributed by atoms with van der Waals surface area (Å²) in [4.78, 5) is 7.61. The molecule has 2 aromatic heterocycles. The van der Waals surface area contributed by atoms with Crippen LogP contribution in [-0.4, -0.2) is 26.7 Å². The van der Waals surface area contributed by atoms with Crippen molar-refractivity contribution in [3.05, 3.63) is 100 Å². The van der Waals surface area contributed by atoms with E-state index in [1.165, 1.54) is 42.7 Å². The molecule has 1 aliphatic heterocycles. The predicted molar refractivity (Wildman–Crippen MR) is 146 cm³/mol. The second kappa shape index (κ2) is 10.5. The summed E-state index contributed by atoms with van der Waals surface area (Å²) in [5, 5.41) is 17.3. The van der Waals surface area contributed by atoms with Crippen LogP contribution in [0.2, 0.25) is 5.02 Å². The molecule has 0 bridgehead atoms. The average Bonchev–Trinajstić information content (AvgIpc) is 3.66. The Kier molecular flexibility index (Phi) is 6.94. The van der Waals surface area contributed by atoms with E-state index in [4.69, 9.17) is 11.6 Å². The third-order valence-electron chi connectivity index (χ3n) is 7.24. The molecule has 2 aliphatic rings. The van der Waals surface area contributed by atoms with Crippen molar-refractivity contribution < 1.29 is 26.3 Å². The average molecular weight is 617 g/mol. The number of hydrogen-bond donors (Lipinski definition) is 4. The number of anilines is 3.